The summed E-state index contributed by atoms with van der Waals surface area (Å²) in [5.41, 5.74) is -0.220. The largest absolute Gasteiger partial charge is 0.378 e. The summed E-state index contributed by atoms with van der Waals surface area (Å²) in [4.78, 5) is 0. The molecule has 2 heterocycles. The van der Waals surface area contributed by atoms with Crippen molar-refractivity contribution in [2.45, 2.75) is 38.5 Å². The monoisotopic (exact) mass is 211 g/mol. The maximum atomic E-state index is 5.96. The zero-order chi connectivity index (χ0) is 10.7. The van der Waals surface area contributed by atoms with E-state index in [4.69, 9.17) is 9.47 Å². The second-order valence-electron chi connectivity index (χ2n) is 4.25. The molecular weight excluding hydrogens is 194 g/mol. The molecule has 1 saturated heterocycles. The quantitative estimate of drug-likeness (QED) is 0.741. The van der Waals surface area contributed by atoms with Crippen molar-refractivity contribution in [1.82, 2.24) is 15.0 Å². The van der Waals surface area contributed by atoms with E-state index in [-0.39, 0.29) is 11.7 Å². The second kappa shape index (κ2) is 4.28. The Bertz CT molecular complexity index is 292. The fourth-order valence-corrected chi connectivity index (χ4v) is 1.96. The molecule has 0 bridgehead atoms. The summed E-state index contributed by atoms with van der Waals surface area (Å²) in [6, 6.07) is 0. The number of ether oxygens (including phenoxy) is 2. The van der Waals surface area contributed by atoms with E-state index in [1.165, 1.54) is 0 Å². The summed E-state index contributed by atoms with van der Waals surface area (Å²) in [5.74, 6) is 0. The van der Waals surface area contributed by atoms with Gasteiger partial charge in [0.2, 0.25) is 0 Å². The zero-order valence-corrected chi connectivity index (χ0v) is 9.22. The van der Waals surface area contributed by atoms with Gasteiger partial charge in [-0.15, -0.1) is 5.10 Å². The predicted octanol–water partition coefficient (Wildman–Crippen LogP) is 0.862. The first kappa shape index (κ1) is 10.6. The van der Waals surface area contributed by atoms with E-state index in [1.807, 2.05) is 20.0 Å². The molecular formula is C10H17N3O2. The fourth-order valence-electron chi connectivity index (χ4n) is 1.96. The Morgan fingerprint density at radius 3 is 3.00 bits per heavy atom. The first-order valence-corrected chi connectivity index (χ1v) is 5.30. The molecule has 0 spiro atoms. The van der Waals surface area contributed by atoms with Crippen molar-refractivity contribution < 1.29 is 9.47 Å². The van der Waals surface area contributed by atoms with Gasteiger partial charge in [0, 0.05) is 19.2 Å². The summed E-state index contributed by atoms with van der Waals surface area (Å²) < 4.78 is 13.2. The average molecular weight is 211 g/mol. The van der Waals surface area contributed by atoms with Gasteiger partial charge in [0.05, 0.1) is 25.5 Å². The molecule has 5 nitrogen and oxygen atoms in total. The minimum absolute atomic E-state index is 0.204. The molecule has 1 aromatic heterocycles. The molecule has 1 aliphatic rings. The molecule has 1 atom stereocenters. The van der Waals surface area contributed by atoms with Crippen LogP contribution < -0.4 is 0 Å². The van der Waals surface area contributed by atoms with Crippen LogP contribution in [0.2, 0.25) is 0 Å². The molecule has 0 radical (unpaired) electrons. The Morgan fingerprint density at radius 1 is 1.60 bits per heavy atom. The van der Waals surface area contributed by atoms with Crippen molar-refractivity contribution in [3.63, 3.8) is 0 Å². The zero-order valence-electron chi connectivity index (χ0n) is 9.22. The summed E-state index contributed by atoms with van der Waals surface area (Å²) in [5, 5.41) is 7.75. The van der Waals surface area contributed by atoms with E-state index in [1.54, 1.807) is 10.9 Å². The summed E-state index contributed by atoms with van der Waals surface area (Å²) >= 11 is 0. The van der Waals surface area contributed by atoms with Crippen LogP contribution in [-0.2, 0) is 16.0 Å². The molecule has 1 aromatic rings. The molecule has 1 unspecified atom stereocenters. The molecule has 5 heteroatoms. The van der Waals surface area contributed by atoms with Gasteiger partial charge >= 0.3 is 0 Å². The number of aromatic nitrogens is 3. The van der Waals surface area contributed by atoms with Crippen molar-refractivity contribution in [3.8, 4) is 0 Å². The molecule has 0 saturated carbocycles. The standard InChI is InChI=1S/C10H17N3O2/c1-9(2)15-10(3-6-14-8-10)7-13-5-4-11-12-13/h4-5,9H,3,6-8H2,1-2H3. The van der Waals surface area contributed by atoms with Gasteiger partial charge in [-0.05, 0) is 13.8 Å². The lowest BCUT2D eigenvalue weighted by atomic mass is 10.0. The third-order valence-electron chi connectivity index (χ3n) is 2.47. The topological polar surface area (TPSA) is 49.2 Å². The van der Waals surface area contributed by atoms with E-state index in [2.05, 4.69) is 10.3 Å². The molecule has 0 aromatic carbocycles. The maximum absolute atomic E-state index is 5.96. The van der Waals surface area contributed by atoms with Gasteiger partial charge in [0.15, 0.2) is 0 Å². The normalized spacial score (nSPS) is 26.3. The smallest absolute Gasteiger partial charge is 0.113 e. The SMILES string of the molecule is CC(C)OC1(Cn2ccnn2)CCOC1. The van der Waals surface area contributed by atoms with Crippen molar-refractivity contribution in [2.75, 3.05) is 13.2 Å². The first-order chi connectivity index (χ1) is 7.20. The molecule has 0 amide bonds. The van der Waals surface area contributed by atoms with Crippen LogP contribution in [0.4, 0.5) is 0 Å². The van der Waals surface area contributed by atoms with Gasteiger partial charge in [-0.3, -0.25) is 0 Å². The molecule has 0 N–H and O–H groups in total. The molecule has 2 rings (SSSR count). The molecule has 1 aliphatic heterocycles. The van der Waals surface area contributed by atoms with Crippen LogP contribution in [0, 0.1) is 0 Å². The number of hydrogen-bond acceptors (Lipinski definition) is 4. The Kier molecular flexibility index (Phi) is 3.02. The highest BCUT2D eigenvalue weighted by molar-refractivity contribution is 4.86. The van der Waals surface area contributed by atoms with Crippen LogP contribution in [-0.4, -0.2) is 39.9 Å². The molecule has 15 heavy (non-hydrogen) atoms. The Labute approximate surface area is 89.4 Å². The van der Waals surface area contributed by atoms with Gasteiger partial charge in [0.25, 0.3) is 0 Å². The summed E-state index contributed by atoms with van der Waals surface area (Å²) in [6.45, 7) is 6.21. The third kappa shape index (κ3) is 2.54. The van der Waals surface area contributed by atoms with Crippen LogP contribution in [0.5, 0.6) is 0 Å². The lowest BCUT2D eigenvalue weighted by Crippen LogP contribution is -2.40. The minimum atomic E-state index is -0.220. The van der Waals surface area contributed by atoms with Crippen LogP contribution in [0.15, 0.2) is 12.4 Å². The highest BCUT2D eigenvalue weighted by Crippen LogP contribution is 2.26. The minimum Gasteiger partial charge on any atom is -0.378 e. The van der Waals surface area contributed by atoms with Crippen molar-refractivity contribution >= 4 is 0 Å². The van der Waals surface area contributed by atoms with Crippen LogP contribution in [0.25, 0.3) is 0 Å². The summed E-state index contributed by atoms with van der Waals surface area (Å²) in [7, 11) is 0. The highest BCUT2D eigenvalue weighted by Gasteiger charge is 2.37. The molecule has 0 aliphatic carbocycles. The maximum Gasteiger partial charge on any atom is 0.113 e. The van der Waals surface area contributed by atoms with Crippen LogP contribution in [0.3, 0.4) is 0 Å². The first-order valence-electron chi connectivity index (χ1n) is 5.30. The lowest BCUT2D eigenvalue weighted by Gasteiger charge is -2.29. The van der Waals surface area contributed by atoms with Crippen LogP contribution in [0.1, 0.15) is 20.3 Å². The Hall–Kier alpha value is -0.940. The third-order valence-corrected chi connectivity index (χ3v) is 2.47. The Morgan fingerprint density at radius 2 is 2.47 bits per heavy atom. The van der Waals surface area contributed by atoms with Crippen molar-refractivity contribution in [3.05, 3.63) is 12.4 Å². The molecule has 1 fully saturated rings. The van der Waals surface area contributed by atoms with E-state index in [0.717, 1.165) is 13.0 Å². The van der Waals surface area contributed by atoms with Gasteiger partial charge < -0.3 is 9.47 Å². The fraction of sp³-hybridized carbons (Fsp3) is 0.800. The van der Waals surface area contributed by atoms with Crippen molar-refractivity contribution in [1.29, 1.82) is 0 Å². The highest BCUT2D eigenvalue weighted by atomic mass is 16.6. The lowest BCUT2D eigenvalue weighted by molar-refractivity contribution is -0.0932. The van der Waals surface area contributed by atoms with E-state index in [9.17, 15) is 0 Å². The van der Waals surface area contributed by atoms with Gasteiger partial charge in [-0.25, -0.2) is 4.68 Å². The summed E-state index contributed by atoms with van der Waals surface area (Å²) in [6.07, 6.45) is 4.66. The predicted molar refractivity (Wildman–Crippen MR) is 54.4 cm³/mol. The van der Waals surface area contributed by atoms with Gasteiger partial charge in [0.1, 0.15) is 5.60 Å². The van der Waals surface area contributed by atoms with Crippen LogP contribution >= 0.6 is 0 Å². The van der Waals surface area contributed by atoms with E-state index >= 15 is 0 Å². The van der Waals surface area contributed by atoms with E-state index < -0.39 is 0 Å². The number of nitrogens with zero attached hydrogens (tertiary/aromatic N) is 3. The van der Waals surface area contributed by atoms with Gasteiger partial charge in [-0.1, -0.05) is 5.21 Å². The average Bonchev–Trinajstić information content (AvgIpc) is 2.76. The molecule has 84 valence electrons. The van der Waals surface area contributed by atoms with Gasteiger partial charge in [-0.2, -0.15) is 0 Å². The van der Waals surface area contributed by atoms with E-state index in [0.29, 0.717) is 13.2 Å². The van der Waals surface area contributed by atoms with Crippen molar-refractivity contribution in [2.24, 2.45) is 0 Å². The Balaban J connectivity index is 2.05. The number of rotatable bonds is 4. The number of hydrogen-bond donors (Lipinski definition) is 0. The second-order valence-corrected chi connectivity index (χ2v) is 4.25.